The first kappa shape index (κ1) is 16.0. The largest absolute Gasteiger partial charge is 0.480 e. The molecule has 1 heterocycles. The van der Waals surface area contributed by atoms with Crippen LogP contribution in [0, 0.1) is 0 Å². The van der Waals surface area contributed by atoms with Gasteiger partial charge in [0.15, 0.2) is 0 Å². The number of carbonyl (C=O) groups is 2. The molecule has 7 heteroatoms. The molecule has 20 heavy (non-hydrogen) atoms. The molecule has 0 aliphatic carbocycles. The van der Waals surface area contributed by atoms with E-state index >= 15 is 0 Å². The summed E-state index contributed by atoms with van der Waals surface area (Å²) in [6.45, 7) is 3.97. The molecule has 1 aromatic heterocycles. The van der Waals surface area contributed by atoms with Crippen LogP contribution < -0.4 is 5.32 Å². The Bertz CT molecular complexity index is 419. The van der Waals surface area contributed by atoms with Crippen LogP contribution in [-0.2, 0) is 11.2 Å². The van der Waals surface area contributed by atoms with Crippen LogP contribution in [0.2, 0.25) is 0 Å². The summed E-state index contributed by atoms with van der Waals surface area (Å²) in [6, 6.07) is -0.433. The second-order valence-electron chi connectivity index (χ2n) is 4.65. The van der Waals surface area contributed by atoms with E-state index < -0.39 is 5.97 Å². The summed E-state index contributed by atoms with van der Waals surface area (Å²) >= 11 is 0. The highest BCUT2D eigenvalue weighted by Crippen LogP contribution is 2.04. The number of urea groups is 1. The topological polar surface area (TPSA) is 98.3 Å². The van der Waals surface area contributed by atoms with Gasteiger partial charge in [0.1, 0.15) is 12.4 Å². The standard InChI is InChI=1S/C13H22N4O3/c1-3-10(2)17(9-12(18)19)13(20)16-6-4-5-11-14-7-8-15-11/h7-8,10H,3-6,9H2,1-2H3,(H,14,15)(H,16,20)(H,18,19). The molecular formula is C13H22N4O3. The van der Waals surface area contributed by atoms with Crippen molar-refractivity contribution in [2.24, 2.45) is 0 Å². The number of aryl methyl sites for hydroxylation is 1. The fourth-order valence-electron chi connectivity index (χ4n) is 1.78. The average Bonchev–Trinajstić information content (AvgIpc) is 2.92. The van der Waals surface area contributed by atoms with Crippen LogP contribution in [0.15, 0.2) is 12.4 Å². The number of aliphatic carboxylic acids is 1. The van der Waals surface area contributed by atoms with Crippen molar-refractivity contribution in [3.63, 3.8) is 0 Å². The molecule has 0 bridgehead atoms. The van der Waals surface area contributed by atoms with Gasteiger partial charge in [0.05, 0.1) is 0 Å². The van der Waals surface area contributed by atoms with E-state index in [4.69, 9.17) is 5.11 Å². The lowest BCUT2D eigenvalue weighted by Gasteiger charge is -2.27. The molecule has 7 nitrogen and oxygen atoms in total. The molecule has 2 amide bonds. The number of carboxylic acid groups (broad SMARTS) is 1. The lowest BCUT2D eigenvalue weighted by molar-refractivity contribution is -0.138. The SMILES string of the molecule is CCC(C)N(CC(=O)O)C(=O)NCCCc1ncc[nH]1. The number of rotatable bonds is 8. The zero-order valence-electron chi connectivity index (χ0n) is 11.9. The third-order valence-electron chi connectivity index (χ3n) is 3.11. The van der Waals surface area contributed by atoms with Gasteiger partial charge in [-0.25, -0.2) is 9.78 Å². The van der Waals surface area contributed by atoms with Crippen molar-refractivity contribution < 1.29 is 14.7 Å². The van der Waals surface area contributed by atoms with Gasteiger partial charge in [-0.15, -0.1) is 0 Å². The van der Waals surface area contributed by atoms with E-state index in [1.165, 1.54) is 4.90 Å². The zero-order chi connectivity index (χ0) is 15.0. The summed E-state index contributed by atoms with van der Waals surface area (Å²) in [6.07, 6.45) is 5.65. The van der Waals surface area contributed by atoms with Gasteiger partial charge in [0.25, 0.3) is 0 Å². The van der Waals surface area contributed by atoms with Crippen molar-refractivity contribution >= 4 is 12.0 Å². The van der Waals surface area contributed by atoms with Gasteiger partial charge < -0.3 is 20.3 Å². The van der Waals surface area contributed by atoms with E-state index in [2.05, 4.69) is 15.3 Å². The van der Waals surface area contributed by atoms with Crippen LogP contribution in [0.4, 0.5) is 4.79 Å². The number of H-pyrrole nitrogens is 1. The van der Waals surface area contributed by atoms with Crippen molar-refractivity contribution in [2.45, 2.75) is 39.2 Å². The number of nitrogens with zero attached hydrogens (tertiary/aromatic N) is 2. The van der Waals surface area contributed by atoms with Crippen LogP contribution in [0.3, 0.4) is 0 Å². The minimum atomic E-state index is -1.00. The van der Waals surface area contributed by atoms with Crippen LogP contribution >= 0.6 is 0 Å². The molecular weight excluding hydrogens is 260 g/mol. The number of nitrogens with one attached hydrogen (secondary N) is 2. The highest BCUT2D eigenvalue weighted by Gasteiger charge is 2.20. The molecule has 1 aromatic rings. The third-order valence-corrected chi connectivity index (χ3v) is 3.11. The first-order valence-corrected chi connectivity index (χ1v) is 6.79. The molecule has 0 aliphatic rings. The molecule has 0 radical (unpaired) electrons. The maximum Gasteiger partial charge on any atom is 0.323 e. The Morgan fingerprint density at radius 1 is 1.55 bits per heavy atom. The molecule has 3 N–H and O–H groups in total. The van der Waals surface area contributed by atoms with Gasteiger partial charge in [-0.3, -0.25) is 4.79 Å². The van der Waals surface area contributed by atoms with Gasteiger partial charge >= 0.3 is 12.0 Å². The van der Waals surface area contributed by atoms with Gasteiger partial charge in [0, 0.05) is 31.4 Å². The first-order chi connectivity index (χ1) is 9.54. The van der Waals surface area contributed by atoms with E-state index in [0.717, 1.165) is 18.7 Å². The van der Waals surface area contributed by atoms with Gasteiger partial charge in [-0.1, -0.05) is 6.92 Å². The maximum atomic E-state index is 12.0. The van der Waals surface area contributed by atoms with E-state index in [9.17, 15) is 9.59 Å². The van der Waals surface area contributed by atoms with Crippen LogP contribution in [0.1, 0.15) is 32.5 Å². The summed E-state index contributed by atoms with van der Waals surface area (Å²) in [5, 5.41) is 11.6. The lowest BCUT2D eigenvalue weighted by Crippen LogP contribution is -2.47. The second-order valence-corrected chi connectivity index (χ2v) is 4.65. The highest BCUT2D eigenvalue weighted by molar-refractivity contribution is 5.80. The number of hydrogen-bond donors (Lipinski definition) is 3. The number of aromatic amines is 1. The summed E-state index contributed by atoms with van der Waals surface area (Å²) in [5.74, 6) is -0.125. The number of carbonyl (C=O) groups excluding carboxylic acids is 1. The Balaban J connectivity index is 2.35. The lowest BCUT2D eigenvalue weighted by atomic mass is 10.2. The molecule has 0 aromatic carbocycles. The van der Waals surface area contributed by atoms with Crippen molar-refractivity contribution in [1.82, 2.24) is 20.2 Å². The molecule has 0 saturated carbocycles. The highest BCUT2D eigenvalue weighted by atomic mass is 16.4. The smallest absolute Gasteiger partial charge is 0.323 e. The van der Waals surface area contributed by atoms with E-state index in [-0.39, 0.29) is 18.6 Å². The van der Waals surface area contributed by atoms with Crippen molar-refractivity contribution in [1.29, 1.82) is 0 Å². The molecule has 0 aliphatic heterocycles. The number of aromatic nitrogens is 2. The summed E-state index contributed by atoms with van der Waals surface area (Å²) < 4.78 is 0. The quantitative estimate of drug-likeness (QED) is 0.625. The number of amides is 2. The summed E-state index contributed by atoms with van der Waals surface area (Å²) in [4.78, 5) is 31.2. The third kappa shape index (κ3) is 5.29. The normalized spacial score (nSPS) is 11.9. The van der Waals surface area contributed by atoms with Crippen molar-refractivity contribution in [3.05, 3.63) is 18.2 Å². The number of hydrogen-bond acceptors (Lipinski definition) is 3. The van der Waals surface area contributed by atoms with Crippen molar-refractivity contribution in [3.8, 4) is 0 Å². The average molecular weight is 282 g/mol. The Kier molecular flexibility index (Phi) is 6.55. The van der Waals surface area contributed by atoms with Gasteiger partial charge in [-0.2, -0.15) is 0 Å². The molecule has 0 saturated heterocycles. The second kappa shape index (κ2) is 8.19. The molecule has 1 rings (SSSR count). The Labute approximate surface area is 118 Å². The fraction of sp³-hybridized carbons (Fsp3) is 0.615. The van der Waals surface area contributed by atoms with Crippen LogP contribution in [0.25, 0.3) is 0 Å². The Hall–Kier alpha value is -2.05. The van der Waals surface area contributed by atoms with Crippen molar-refractivity contribution in [2.75, 3.05) is 13.1 Å². The first-order valence-electron chi connectivity index (χ1n) is 6.79. The number of carboxylic acids is 1. The Morgan fingerprint density at radius 3 is 2.85 bits per heavy atom. The maximum absolute atomic E-state index is 12.0. The number of imidazole rings is 1. The van der Waals surface area contributed by atoms with Gasteiger partial charge in [-0.05, 0) is 19.8 Å². The monoisotopic (exact) mass is 282 g/mol. The summed E-state index contributed by atoms with van der Waals surface area (Å²) in [7, 11) is 0. The minimum absolute atomic E-state index is 0.101. The molecule has 0 spiro atoms. The predicted octanol–water partition coefficient (Wildman–Crippen LogP) is 1.24. The van der Waals surface area contributed by atoms with Crippen LogP contribution in [0.5, 0.6) is 0 Å². The van der Waals surface area contributed by atoms with E-state index in [0.29, 0.717) is 13.0 Å². The molecule has 1 unspecified atom stereocenters. The summed E-state index contributed by atoms with van der Waals surface area (Å²) in [5.41, 5.74) is 0. The predicted molar refractivity (Wildman–Crippen MR) is 74.4 cm³/mol. The fourth-order valence-corrected chi connectivity index (χ4v) is 1.78. The van der Waals surface area contributed by atoms with E-state index in [1.807, 2.05) is 13.8 Å². The van der Waals surface area contributed by atoms with E-state index in [1.54, 1.807) is 12.4 Å². The minimum Gasteiger partial charge on any atom is -0.480 e. The molecule has 0 fully saturated rings. The zero-order valence-corrected chi connectivity index (χ0v) is 11.9. The molecule has 112 valence electrons. The van der Waals surface area contributed by atoms with Gasteiger partial charge in [0.2, 0.25) is 0 Å². The van der Waals surface area contributed by atoms with Crippen LogP contribution in [-0.4, -0.2) is 51.1 Å². The Morgan fingerprint density at radius 2 is 2.30 bits per heavy atom. The molecule has 1 atom stereocenters.